The van der Waals surface area contributed by atoms with Crippen molar-refractivity contribution in [2.24, 2.45) is 12.5 Å². The number of methoxy groups -OCH3 is 1. The van der Waals surface area contributed by atoms with Crippen molar-refractivity contribution in [3.8, 4) is 11.4 Å². The molecule has 210 valence electrons. The van der Waals surface area contributed by atoms with Gasteiger partial charge in [0, 0.05) is 80.7 Å². The molecular formula is C31H40N8O. The standard InChI is InChI=1S/C31H40N8O/c1-18-7-10-23-28(19(2)34-35-23)27(18)29-32-22-11-13-38(26-15-24(20-8-9-20)36-37(26)5)16-21(22)30(33-29)39-14-12-25(40-6)31(3,4)17-39/h7,10,15,20,25H,8-9,11-14,16-17H2,1-6H3,(H,34,35). The fourth-order valence-electron chi connectivity index (χ4n) is 6.94. The Morgan fingerprint density at radius 3 is 2.62 bits per heavy atom. The zero-order chi connectivity index (χ0) is 27.8. The monoisotopic (exact) mass is 540 g/mol. The average Bonchev–Trinajstić information content (AvgIpc) is 3.62. The number of hydrogen-bond acceptors (Lipinski definition) is 7. The van der Waals surface area contributed by atoms with Crippen LogP contribution in [0.4, 0.5) is 11.6 Å². The second-order valence-electron chi connectivity index (χ2n) is 12.7. The van der Waals surface area contributed by atoms with E-state index in [4.69, 9.17) is 19.8 Å². The number of piperidine rings is 1. The van der Waals surface area contributed by atoms with E-state index in [0.717, 1.165) is 78.5 Å². The molecule has 1 saturated heterocycles. The van der Waals surface area contributed by atoms with Crippen molar-refractivity contribution in [2.75, 3.05) is 36.5 Å². The fraction of sp³-hybridized carbons (Fsp3) is 0.548. The van der Waals surface area contributed by atoms with E-state index >= 15 is 0 Å². The highest BCUT2D eigenvalue weighted by Gasteiger charge is 2.38. The van der Waals surface area contributed by atoms with Crippen molar-refractivity contribution in [3.63, 3.8) is 0 Å². The van der Waals surface area contributed by atoms with Crippen LogP contribution < -0.4 is 9.80 Å². The Morgan fingerprint density at radius 2 is 1.88 bits per heavy atom. The lowest BCUT2D eigenvalue weighted by atomic mass is 9.81. The van der Waals surface area contributed by atoms with Crippen molar-refractivity contribution in [1.29, 1.82) is 0 Å². The lowest BCUT2D eigenvalue weighted by molar-refractivity contribution is -0.00647. The summed E-state index contributed by atoms with van der Waals surface area (Å²) in [6.07, 6.45) is 4.60. The number of nitrogens with zero attached hydrogens (tertiary/aromatic N) is 7. The van der Waals surface area contributed by atoms with Gasteiger partial charge in [0.1, 0.15) is 11.6 Å². The van der Waals surface area contributed by atoms with E-state index in [-0.39, 0.29) is 11.5 Å². The number of hydrogen-bond donors (Lipinski definition) is 1. The van der Waals surface area contributed by atoms with Crippen LogP contribution in [0.5, 0.6) is 0 Å². The topological polar surface area (TPSA) is 88.0 Å². The molecule has 5 heterocycles. The first kappa shape index (κ1) is 25.5. The van der Waals surface area contributed by atoms with E-state index in [1.54, 1.807) is 0 Å². The van der Waals surface area contributed by atoms with E-state index in [0.29, 0.717) is 5.92 Å². The molecule has 2 aliphatic heterocycles. The lowest BCUT2D eigenvalue weighted by Gasteiger charge is -2.45. The molecule has 0 bridgehead atoms. The number of aromatic nitrogens is 6. The number of anilines is 2. The zero-order valence-electron chi connectivity index (χ0n) is 24.6. The minimum absolute atomic E-state index is 0.0115. The highest BCUT2D eigenvalue weighted by Crippen LogP contribution is 2.42. The number of ether oxygens (including phenoxy) is 1. The molecule has 1 unspecified atom stereocenters. The summed E-state index contributed by atoms with van der Waals surface area (Å²) in [4.78, 5) is 15.6. The van der Waals surface area contributed by atoms with Gasteiger partial charge in [-0.05, 0) is 44.7 Å². The molecule has 3 aliphatic rings. The van der Waals surface area contributed by atoms with Crippen LogP contribution in [0, 0.1) is 19.3 Å². The summed E-state index contributed by atoms with van der Waals surface area (Å²) in [7, 11) is 3.91. The van der Waals surface area contributed by atoms with E-state index < -0.39 is 0 Å². The first-order valence-corrected chi connectivity index (χ1v) is 14.6. The van der Waals surface area contributed by atoms with Crippen LogP contribution >= 0.6 is 0 Å². The molecule has 1 aliphatic carbocycles. The van der Waals surface area contributed by atoms with E-state index in [9.17, 15) is 0 Å². The number of aryl methyl sites for hydroxylation is 3. The molecule has 1 atom stereocenters. The first-order chi connectivity index (χ1) is 19.2. The first-order valence-electron chi connectivity index (χ1n) is 14.6. The lowest BCUT2D eigenvalue weighted by Crippen LogP contribution is -2.50. The number of aromatic amines is 1. The van der Waals surface area contributed by atoms with Crippen LogP contribution in [0.3, 0.4) is 0 Å². The number of benzene rings is 1. The largest absolute Gasteiger partial charge is 0.381 e. The smallest absolute Gasteiger partial charge is 0.162 e. The molecule has 0 spiro atoms. The maximum atomic E-state index is 5.89. The summed E-state index contributed by atoms with van der Waals surface area (Å²) in [5.41, 5.74) is 7.90. The Kier molecular flexibility index (Phi) is 5.93. The van der Waals surface area contributed by atoms with Crippen LogP contribution in [0.1, 0.15) is 67.2 Å². The molecule has 9 heteroatoms. The Morgan fingerprint density at radius 1 is 1.05 bits per heavy atom. The molecule has 40 heavy (non-hydrogen) atoms. The molecule has 0 amide bonds. The fourth-order valence-corrected chi connectivity index (χ4v) is 6.94. The minimum atomic E-state index is 0.0115. The molecule has 1 N–H and O–H groups in total. The summed E-state index contributed by atoms with van der Waals surface area (Å²) in [6, 6.07) is 6.55. The van der Waals surface area contributed by atoms with Crippen molar-refractivity contribution in [3.05, 3.63) is 46.4 Å². The SMILES string of the molecule is COC1CCN(c2nc(-c3c(C)ccc4[nH]nc(C)c34)nc3c2CN(c2cc(C4CC4)nn2C)CC3)CC1(C)C. The molecule has 3 aromatic heterocycles. The molecule has 0 radical (unpaired) electrons. The van der Waals surface area contributed by atoms with Crippen LogP contribution in [-0.2, 0) is 24.8 Å². The predicted octanol–water partition coefficient (Wildman–Crippen LogP) is 5.06. The van der Waals surface area contributed by atoms with Crippen LogP contribution in [-0.4, -0.2) is 62.8 Å². The summed E-state index contributed by atoms with van der Waals surface area (Å²) in [5.74, 6) is 3.70. The third-order valence-electron chi connectivity index (χ3n) is 9.29. The maximum absolute atomic E-state index is 5.89. The summed E-state index contributed by atoms with van der Waals surface area (Å²) < 4.78 is 7.95. The molecule has 7 rings (SSSR count). The van der Waals surface area contributed by atoms with Gasteiger partial charge in [0.15, 0.2) is 5.82 Å². The zero-order valence-corrected chi connectivity index (χ0v) is 24.6. The van der Waals surface area contributed by atoms with Gasteiger partial charge < -0.3 is 14.5 Å². The summed E-state index contributed by atoms with van der Waals surface area (Å²) in [5, 5.41) is 13.7. The number of nitrogens with one attached hydrogen (secondary N) is 1. The third kappa shape index (κ3) is 4.17. The van der Waals surface area contributed by atoms with Crippen LogP contribution in [0.2, 0.25) is 0 Å². The molecular weight excluding hydrogens is 500 g/mol. The Hall–Kier alpha value is -3.46. The van der Waals surface area contributed by atoms with Crippen molar-refractivity contribution < 1.29 is 4.74 Å². The van der Waals surface area contributed by atoms with Crippen LogP contribution in [0.15, 0.2) is 18.2 Å². The summed E-state index contributed by atoms with van der Waals surface area (Å²) >= 11 is 0. The van der Waals surface area contributed by atoms with Gasteiger partial charge in [-0.25, -0.2) is 9.97 Å². The van der Waals surface area contributed by atoms with E-state index in [1.165, 1.54) is 35.5 Å². The van der Waals surface area contributed by atoms with Gasteiger partial charge in [0.2, 0.25) is 0 Å². The normalized spacial score (nSPS) is 20.8. The van der Waals surface area contributed by atoms with Gasteiger partial charge in [0.25, 0.3) is 0 Å². The molecule has 2 fully saturated rings. The molecule has 4 aromatic rings. The van der Waals surface area contributed by atoms with Crippen molar-refractivity contribution in [2.45, 2.75) is 71.9 Å². The highest BCUT2D eigenvalue weighted by molar-refractivity contribution is 5.96. The van der Waals surface area contributed by atoms with Crippen molar-refractivity contribution in [1.82, 2.24) is 29.9 Å². The Labute approximate surface area is 235 Å². The molecule has 9 nitrogen and oxygen atoms in total. The van der Waals surface area contributed by atoms with Gasteiger partial charge in [-0.15, -0.1) is 0 Å². The molecule has 1 aromatic carbocycles. The predicted molar refractivity (Wildman–Crippen MR) is 158 cm³/mol. The number of H-pyrrole nitrogens is 1. The quantitative estimate of drug-likeness (QED) is 0.378. The van der Waals surface area contributed by atoms with Crippen LogP contribution in [0.25, 0.3) is 22.3 Å². The Balaban J connectivity index is 1.35. The average molecular weight is 541 g/mol. The number of fused-ring (bicyclic) bond motifs is 2. The number of rotatable bonds is 5. The summed E-state index contributed by atoms with van der Waals surface area (Å²) in [6.45, 7) is 12.3. The van der Waals surface area contributed by atoms with Gasteiger partial charge in [-0.3, -0.25) is 9.78 Å². The molecule has 1 saturated carbocycles. The van der Waals surface area contributed by atoms with Gasteiger partial charge in [-0.1, -0.05) is 19.9 Å². The van der Waals surface area contributed by atoms with Gasteiger partial charge in [-0.2, -0.15) is 10.2 Å². The van der Waals surface area contributed by atoms with E-state index in [2.05, 4.69) is 77.6 Å². The second-order valence-corrected chi connectivity index (χ2v) is 12.7. The minimum Gasteiger partial charge on any atom is -0.381 e. The second kappa shape index (κ2) is 9.29. The third-order valence-corrected chi connectivity index (χ3v) is 9.29. The van der Waals surface area contributed by atoms with Crippen molar-refractivity contribution >= 4 is 22.5 Å². The maximum Gasteiger partial charge on any atom is 0.162 e. The highest BCUT2D eigenvalue weighted by atomic mass is 16.5. The Bertz CT molecular complexity index is 1600. The van der Waals surface area contributed by atoms with Gasteiger partial charge >= 0.3 is 0 Å². The van der Waals surface area contributed by atoms with E-state index in [1.807, 2.05) is 7.11 Å². The van der Waals surface area contributed by atoms with Gasteiger partial charge in [0.05, 0.1) is 28.7 Å².